The molecule has 3 rings (SSSR count). The highest BCUT2D eigenvalue weighted by atomic mass is 32.2. The third kappa shape index (κ3) is 5.28. The van der Waals surface area contributed by atoms with Crippen molar-refractivity contribution < 1.29 is 22.1 Å². The summed E-state index contributed by atoms with van der Waals surface area (Å²) < 4.78 is 46.4. The summed E-state index contributed by atoms with van der Waals surface area (Å²) in [6.07, 6.45) is 0. The summed E-state index contributed by atoms with van der Waals surface area (Å²) in [4.78, 5) is 16.9. The number of anilines is 1. The Morgan fingerprint density at radius 3 is 2.27 bits per heavy atom. The van der Waals surface area contributed by atoms with Crippen LogP contribution in [0.1, 0.15) is 50.9 Å². The van der Waals surface area contributed by atoms with E-state index in [0.717, 1.165) is 18.2 Å². The van der Waals surface area contributed by atoms with Crippen LogP contribution in [0.4, 0.5) is 10.1 Å². The van der Waals surface area contributed by atoms with E-state index in [1.807, 2.05) is 20.8 Å². The Bertz CT molecular complexity index is 1240. The highest BCUT2D eigenvalue weighted by Gasteiger charge is 2.25. The van der Waals surface area contributed by atoms with Crippen LogP contribution in [-0.4, -0.2) is 41.9 Å². The van der Waals surface area contributed by atoms with Crippen LogP contribution in [0.2, 0.25) is 0 Å². The molecule has 0 spiro atoms. The number of amides is 1. The van der Waals surface area contributed by atoms with E-state index < -0.39 is 21.7 Å². The number of sulfonamides is 1. The fraction of sp³-hybridized carbons (Fsp3) is 0.348. The summed E-state index contributed by atoms with van der Waals surface area (Å²) in [5.41, 5.74) is 0.446. The molecule has 8 nitrogen and oxygen atoms in total. The van der Waals surface area contributed by atoms with Gasteiger partial charge in [-0.15, -0.1) is 0 Å². The normalized spacial score (nSPS) is 12.2. The minimum absolute atomic E-state index is 0.139. The van der Waals surface area contributed by atoms with Crippen molar-refractivity contribution in [1.29, 1.82) is 0 Å². The molecule has 0 aliphatic carbocycles. The van der Waals surface area contributed by atoms with Crippen molar-refractivity contribution in [1.82, 2.24) is 14.4 Å². The SMILES string of the molecule is CCN(CC)S(=O)(=O)c1ccc(F)c(C(=O)Nc2ccc(-c3noc(C(C)(C)C)n3)cc2)c1. The number of nitrogens with zero attached hydrogens (tertiary/aromatic N) is 3. The summed E-state index contributed by atoms with van der Waals surface area (Å²) >= 11 is 0. The molecule has 33 heavy (non-hydrogen) atoms. The van der Waals surface area contributed by atoms with Crippen molar-refractivity contribution in [3.8, 4) is 11.4 Å². The number of hydrogen-bond acceptors (Lipinski definition) is 6. The van der Waals surface area contributed by atoms with Crippen LogP contribution in [0.25, 0.3) is 11.4 Å². The molecule has 0 saturated heterocycles. The van der Waals surface area contributed by atoms with E-state index in [4.69, 9.17) is 4.52 Å². The molecular weight excluding hydrogens is 447 g/mol. The number of hydrogen-bond donors (Lipinski definition) is 1. The predicted octanol–water partition coefficient (Wildman–Crippen LogP) is 4.46. The van der Waals surface area contributed by atoms with E-state index in [-0.39, 0.29) is 29.0 Å². The lowest BCUT2D eigenvalue weighted by atomic mass is 9.97. The fourth-order valence-electron chi connectivity index (χ4n) is 3.10. The van der Waals surface area contributed by atoms with Gasteiger partial charge in [0.1, 0.15) is 5.82 Å². The monoisotopic (exact) mass is 474 g/mol. The van der Waals surface area contributed by atoms with Gasteiger partial charge in [-0.1, -0.05) is 39.8 Å². The number of halogens is 1. The molecule has 1 heterocycles. The number of rotatable bonds is 7. The Hall–Kier alpha value is -3.11. The first-order valence-electron chi connectivity index (χ1n) is 10.5. The fourth-order valence-corrected chi connectivity index (χ4v) is 4.58. The van der Waals surface area contributed by atoms with E-state index in [9.17, 15) is 17.6 Å². The van der Waals surface area contributed by atoms with Crippen molar-refractivity contribution in [2.75, 3.05) is 18.4 Å². The lowest BCUT2D eigenvalue weighted by molar-refractivity contribution is 0.102. The van der Waals surface area contributed by atoms with Gasteiger partial charge in [0.2, 0.25) is 21.7 Å². The molecule has 0 fully saturated rings. The summed E-state index contributed by atoms with van der Waals surface area (Å²) in [5.74, 6) is -0.654. The maximum Gasteiger partial charge on any atom is 0.258 e. The summed E-state index contributed by atoms with van der Waals surface area (Å²) in [6, 6.07) is 9.83. The van der Waals surface area contributed by atoms with Crippen molar-refractivity contribution in [3.63, 3.8) is 0 Å². The van der Waals surface area contributed by atoms with Crippen molar-refractivity contribution >= 4 is 21.6 Å². The molecule has 10 heteroatoms. The van der Waals surface area contributed by atoms with Gasteiger partial charge in [0, 0.05) is 29.8 Å². The third-order valence-electron chi connectivity index (χ3n) is 4.99. The Morgan fingerprint density at radius 1 is 1.09 bits per heavy atom. The van der Waals surface area contributed by atoms with Gasteiger partial charge in [-0.2, -0.15) is 9.29 Å². The molecule has 3 aromatic rings. The van der Waals surface area contributed by atoms with Gasteiger partial charge in [-0.25, -0.2) is 12.8 Å². The molecule has 0 unspecified atom stereocenters. The molecule has 1 N–H and O–H groups in total. The van der Waals surface area contributed by atoms with Crippen molar-refractivity contribution in [2.24, 2.45) is 0 Å². The second kappa shape index (κ2) is 9.40. The second-order valence-corrected chi connectivity index (χ2v) is 10.4. The van der Waals surface area contributed by atoms with Gasteiger partial charge in [-0.3, -0.25) is 4.79 Å². The molecule has 0 saturated carbocycles. The first-order valence-corrected chi connectivity index (χ1v) is 12.0. The molecule has 1 amide bonds. The third-order valence-corrected chi connectivity index (χ3v) is 7.04. The van der Waals surface area contributed by atoms with Gasteiger partial charge in [-0.05, 0) is 42.5 Å². The molecule has 0 aliphatic heterocycles. The summed E-state index contributed by atoms with van der Waals surface area (Å²) in [6.45, 7) is 9.84. The maximum atomic E-state index is 14.4. The molecular formula is C23H27FN4O4S. The molecule has 176 valence electrons. The number of aromatic nitrogens is 2. The van der Waals surface area contributed by atoms with Gasteiger partial charge in [0.05, 0.1) is 10.5 Å². The average Bonchev–Trinajstić information content (AvgIpc) is 3.26. The quantitative estimate of drug-likeness (QED) is 0.542. The van der Waals surface area contributed by atoms with E-state index >= 15 is 0 Å². The van der Waals surface area contributed by atoms with Crippen LogP contribution in [0, 0.1) is 5.82 Å². The minimum atomic E-state index is -3.83. The second-order valence-electron chi connectivity index (χ2n) is 8.44. The van der Waals surface area contributed by atoms with E-state index in [1.165, 1.54) is 4.31 Å². The number of nitrogens with one attached hydrogen (secondary N) is 1. The van der Waals surface area contributed by atoms with Crippen LogP contribution in [0.15, 0.2) is 51.9 Å². The van der Waals surface area contributed by atoms with Crippen LogP contribution in [-0.2, 0) is 15.4 Å². The highest BCUT2D eigenvalue weighted by Crippen LogP contribution is 2.25. The highest BCUT2D eigenvalue weighted by molar-refractivity contribution is 7.89. The van der Waals surface area contributed by atoms with E-state index in [2.05, 4.69) is 15.5 Å². The number of benzene rings is 2. The molecule has 0 atom stereocenters. The zero-order chi connectivity index (χ0) is 24.4. The lowest BCUT2D eigenvalue weighted by Crippen LogP contribution is -2.31. The van der Waals surface area contributed by atoms with Crippen LogP contribution < -0.4 is 5.32 Å². The lowest BCUT2D eigenvalue weighted by Gasteiger charge is -2.19. The topological polar surface area (TPSA) is 105 Å². The smallest absolute Gasteiger partial charge is 0.258 e. The Kier molecular flexibility index (Phi) is 6.99. The molecule has 0 aliphatic rings. The van der Waals surface area contributed by atoms with Gasteiger partial charge in [0.25, 0.3) is 5.91 Å². The maximum absolute atomic E-state index is 14.4. The van der Waals surface area contributed by atoms with Crippen LogP contribution in [0.5, 0.6) is 0 Å². The Balaban J connectivity index is 1.81. The van der Waals surface area contributed by atoms with Crippen molar-refractivity contribution in [2.45, 2.75) is 44.9 Å². The summed E-state index contributed by atoms with van der Waals surface area (Å²) in [7, 11) is -3.83. The van der Waals surface area contributed by atoms with Crippen LogP contribution >= 0.6 is 0 Å². The molecule has 2 aromatic carbocycles. The largest absolute Gasteiger partial charge is 0.338 e. The van der Waals surface area contributed by atoms with Gasteiger partial charge >= 0.3 is 0 Å². The number of carbonyl (C=O) groups excluding carboxylic acids is 1. The molecule has 1 aromatic heterocycles. The zero-order valence-electron chi connectivity index (χ0n) is 19.2. The first-order chi connectivity index (χ1) is 15.5. The standard InChI is InChI=1S/C23H27FN4O4S/c1-6-28(7-2)33(30,31)17-12-13-19(24)18(14-17)21(29)25-16-10-8-15(9-11-16)20-26-22(32-27-20)23(3,4)5/h8-14H,6-7H2,1-5H3,(H,25,29). The summed E-state index contributed by atoms with van der Waals surface area (Å²) in [5, 5.41) is 6.57. The Labute approximate surface area is 192 Å². The van der Waals surface area contributed by atoms with Gasteiger partial charge < -0.3 is 9.84 Å². The molecule has 0 radical (unpaired) electrons. The average molecular weight is 475 g/mol. The van der Waals surface area contributed by atoms with Crippen LogP contribution in [0.3, 0.4) is 0 Å². The van der Waals surface area contributed by atoms with E-state index in [0.29, 0.717) is 23.0 Å². The Morgan fingerprint density at radius 2 is 1.73 bits per heavy atom. The van der Waals surface area contributed by atoms with Crippen molar-refractivity contribution in [3.05, 3.63) is 59.7 Å². The predicted molar refractivity (Wildman–Crippen MR) is 123 cm³/mol. The number of carbonyl (C=O) groups is 1. The minimum Gasteiger partial charge on any atom is -0.338 e. The molecule has 0 bridgehead atoms. The van der Waals surface area contributed by atoms with Gasteiger partial charge in [0.15, 0.2) is 0 Å². The van der Waals surface area contributed by atoms with E-state index in [1.54, 1.807) is 38.1 Å². The zero-order valence-corrected chi connectivity index (χ0v) is 20.0. The first kappa shape index (κ1) is 24.5.